The molecule has 2 aliphatic heterocycles. The van der Waals surface area contributed by atoms with E-state index in [2.05, 4.69) is 59.0 Å². The molecule has 2 saturated heterocycles. The first-order valence-electron chi connectivity index (χ1n) is 20.8. The fourth-order valence-electron chi connectivity index (χ4n) is 7.79. The number of nitrogens with zero attached hydrogens (tertiary/aromatic N) is 9. The molecule has 7 aromatic rings. The highest BCUT2D eigenvalue weighted by Crippen LogP contribution is 2.28. The highest BCUT2D eigenvalue weighted by atomic mass is 32.2. The second-order valence-corrected chi connectivity index (χ2v) is 17.6. The van der Waals surface area contributed by atoms with E-state index in [-0.39, 0.29) is 47.2 Å². The van der Waals surface area contributed by atoms with Crippen LogP contribution in [0, 0.1) is 5.82 Å². The van der Waals surface area contributed by atoms with Crippen molar-refractivity contribution in [3.63, 3.8) is 0 Å². The number of sulfonamides is 1. The van der Waals surface area contributed by atoms with Gasteiger partial charge in [-0.1, -0.05) is 23.4 Å². The van der Waals surface area contributed by atoms with Gasteiger partial charge in [0.05, 0.1) is 47.0 Å². The summed E-state index contributed by atoms with van der Waals surface area (Å²) in [6.07, 6.45) is 8.14. The molecule has 21 heteroatoms. The summed E-state index contributed by atoms with van der Waals surface area (Å²) in [6, 6.07) is 20.0. The van der Waals surface area contributed by atoms with Crippen molar-refractivity contribution in [3.8, 4) is 5.82 Å². The van der Waals surface area contributed by atoms with Gasteiger partial charge in [-0.2, -0.15) is 0 Å². The minimum Gasteiger partial charge on any atom is -0.380 e. The van der Waals surface area contributed by atoms with Crippen LogP contribution in [0.15, 0.2) is 97.7 Å². The number of ketones is 1. The SMILES string of the molecule is CC(C)Nc1cccnc1N1CCN(C(=O)c2cc3cc(NS(C)(=O)=O)ccc3[nH]2)CC1.O=C(C(=O)N1CCN(C(=O)c2ccccc2)CC1)c1c[nH]c2c(-n3ccnn3)ncc(F)c12. The number of aromatic nitrogens is 7. The number of anilines is 3. The number of nitrogens with one attached hydrogen (secondary N) is 4. The zero-order chi connectivity index (χ0) is 45.8. The average molecular weight is 904 g/mol. The Balaban J connectivity index is 0.000000177. The molecule has 19 nitrogen and oxygen atoms in total. The lowest BCUT2D eigenvalue weighted by Gasteiger charge is -2.36. The van der Waals surface area contributed by atoms with E-state index in [9.17, 15) is 32.0 Å². The molecule has 0 saturated carbocycles. The predicted octanol–water partition coefficient (Wildman–Crippen LogP) is 4.17. The lowest BCUT2D eigenvalue weighted by Crippen LogP contribution is -2.52. The third kappa shape index (κ3) is 9.78. The molecular formula is C44H46FN13O6S. The molecule has 5 aromatic heterocycles. The van der Waals surface area contributed by atoms with Crippen molar-refractivity contribution in [3.05, 3.63) is 120 Å². The van der Waals surface area contributed by atoms with Crippen molar-refractivity contribution in [1.29, 1.82) is 0 Å². The number of hydrogen-bond donors (Lipinski definition) is 4. The van der Waals surface area contributed by atoms with Crippen LogP contribution in [-0.4, -0.2) is 146 Å². The number of pyridine rings is 2. The van der Waals surface area contributed by atoms with Gasteiger partial charge in [-0.15, -0.1) is 5.10 Å². The molecule has 2 aromatic carbocycles. The number of carbonyl (C=O) groups excluding carboxylic acids is 4. The molecule has 2 aliphatic rings. The summed E-state index contributed by atoms with van der Waals surface area (Å²) in [4.78, 5) is 73.2. The summed E-state index contributed by atoms with van der Waals surface area (Å²) in [5.41, 5.74) is 3.45. The molecule has 336 valence electrons. The zero-order valence-electron chi connectivity index (χ0n) is 35.7. The van der Waals surface area contributed by atoms with Crippen LogP contribution < -0.4 is 14.9 Å². The molecule has 0 radical (unpaired) electrons. The van der Waals surface area contributed by atoms with Crippen molar-refractivity contribution in [1.82, 2.24) is 49.6 Å². The monoisotopic (exact) mass is 903 g/mol. The van der Waals surface area contributed by atoms with E-state index in [0.717, 1.165) is 34.9 Å². The second kappa shape index (κ2) is 18.6. The number of aromatic amines is 2. The molecular weight excluding hydrogens is 858 g/mol. The Kier molecular flexibility index (Phi) is 12.6. The normalized spacial score (nSPS) is 14.4. The number of Topliss-reactive ketones (excluding diaryl/α,β-unsaturated/α-hetero) is 1. The zero-order valence-corrected chi connectivity index (χ0v) is 36.5. The van der Waals surface area contributed by atoms with Gasteiger partial charge in [0.25, 0.3) is 23.5 Å². The Morgan fingerprint density at radius 1 is 0.800 bits per heavy atom. The first-order valence-corrected chi connectivity index (χ1v) is 22.7. The number of halogens is 1. The standard InChI is InChI=1S/C22H18FN7O3.C22H28N6O3S/c23-16-13-25-20(30-7-6-26-27-30)18-17(16)15(12-24-18)19(31)22(33)29-10-8-28(9-11-29)21(32)14-4-2-1-3-5-14;1-15(2)24-19-5-4-8-23-21(19)27-9-11-28(12-10-27)22(29)20-14-16-13-17(26-32(3,30)31)6-7-18(16)25-20/h1-7,12-13,24H,8-11H2;4-8,13-15,24-26H,9-12H2,1-3H3. The molecule has 0 atom stereocenters. The molecule has 7 heterocycles. The van der Waals surface area contributed by atoms with E-state index in [4.69, 9.17) is 0 Å². The van der Waals surface area contributed by atoms with Crippen molar-refractivity contribution in [2.24, 2.45) is 0 Å². The van der Waals surface area contributed by atoms with Crippen LogP contribution in [0.2, 0.25) is 0 Å². The largest absolute Gasteiger partial charge is 0.380 e. The van der Waals surface area contributed by atoms with Gasteiger partial charge in [0.1, 0.15) is 5.69 Å². The summed E-state index contributed by atoms with van der Waals surface area (Å²) in [5, 5.41) is 11.7. The molecule has 0 unspecified atom stereocenters. The maximum atomic E-state index is 14.6. The number of amides is 3. The number of benzene rings is 2. The van der Waals surface area contributed by atoms with Crippen molar-refractivity contribution in [2.75, 3.05) is 73.6 Å². The van der Waals surface area contributed by atoms with E-state index in [0.29, 0.717) is 62.3 Å². The van der Waals surface area contributed by atoms with E-state index < -0.39 is 27.5 Å². The Labute approximate surface area is 372 Å². The minimum absolute atomic E-state index is 0.0354. The van der Waals surface area contributed by atoms with Gasteiger partial charge in [0.15, 0.2) is 17.5 Å². The first kappa shape index (κ1) is 43.9. The quantitative estimate of drug-likeness (QED) is 0.112. The first-order chi connectivity index (χ1) is 31.2. The number of carbonyl (C=O) groups is 4. The number of rotatable bonds is 10. The molecule has 65 heavy (non-hydrogen) atoms. The lowest BCUT2D eigenvalue weighted by molar-refractivity contribution is -0.127. The topological polar surface area (TPSA) is 228 Å². The fraction of sp³-hybridized carbons (Fsp3) is 0.273. The van der Waals surface area contributed by atoms with Crippen LogP contribution in [0.5, 0.6) is 0 Å². The Morgan fingerprint density at radius 2 is 1.51 bits per heavy atom. The van der Waals surface area contributed by atoms with Gasteiger partial charge in [-0.25, -0.2) is 27.5 Å². The number of H-pyrrole nitrogens is 2. The van der Waals surface area contributed by atoms with E-state index in [1.165, 1.54) is 28.2 Å². The Bertz CT molecular complexity index is 2980. The van der Waals surface area contributed by atoms with Gasteiger partial charge in [0, 0.05) is 92.9 Å². The third-order valence-electron chi connectivity index (χ3n) is 10.8. The van der Waals surface area contributed by atoms with Crippen LogP contribution in [-0.2, 0) is 14.8 Å². The third-order valence-corrected chi connectivity index (χ3v) is 11.5. The molecule has 2 fully saturated rings. The van der Waals surface area contributed by atoms with Crippen LogP contribution >= 0.6 is 0 Å². The molecule has 3 amide bonds. The van der Waals surface area contributed by atoms with E-state index in [1.807, 2.05) is 23.1 Å². The van der Waals surface area contributed by atoms with Gasteiger partial charge in [-0.3, -0.25) is 23.9 Å². The summed E-state index contributed by atoms with van der Waals surface area (Å²) in [7, 11) is -3.36. The number of fused-ring (bicyclic) bond motifs is 2. The maximum Gasteiger partial charge on any atom is 0.295 e. The van der Waals surface area contributed by atoms with Gasteiger partial charge in [-0.05, 0) is 62.4 Å². The summed E-state index contributed by atoms with van der Waals surface area (Å²) >= 11 is 0. The summed E-state index contributed by atoms with van der Waals surface area (Å²) < 4.78 is 41.3. The van der Waals surface area contributed by atoms with Crippen molar-refractivity contribution >= 4 is 72.5 Å². The number of hydrogen-bond acceptors (Lipinski definition) is 12. The van der Waals surface area contributed by atoms with Crippen molar-refractivity contribution in [2.45, 2.75) is 19.9 Å². The van der Waals surface area contributed by atoms with Crippen LogP contribution in [0.1, 0.15) is 45.1 Å². The smallest absolute Gasteiger partial charge is 0.295 e. The Hall–Kier alpha value is -7.68. The van der Waals surface area contributed by atoms with Crippen LogP contribution in [0.3, 0.4) is 0 Å². The molecule has 9 rings (SSSR count). The molecule has 0 aliphatic carbocycles. The highest BCUT2D eigenvalue weighted by molar-refractivity contribution is 7.92. The van der Waals surface area contributed by atoms with E-state index in [1.54, 1.807) is 59.6 Å². The van der Waals surface area contributed by atoms with Gasteiger partial charge in [0.2, 0.25) is 10.0 Å². The lowest BCUT2D eigenvalue weighted by atomic mass is 10.1. The van der Waals surface area contributed by atoms with E-state index >= 15 is 0 Å². The predicted molar refractivity (Wildman–Crippen MR) is 242 cm³/mol. The van der Waals surface area contributed by atoms with Crippen LogP contribution in [0.4, 0.5) is 21.6 Å². The summed E-state index contributed by atoms with van der Waals surface area (Å²) in [5.74, 6) is -1.35. The fourth-order valence-corrected chi connectivity index (χ4v) is 8.35. The average Bonchev–Trinajstić information content (AvgIpc) is 4.10. The number of piperazine rings is 2. The molecule has 0 spiro atoms. The second-order valence-electron chi connectivity index (χ2n) is 15.8. The van der Waals surface area contributed by atoms with Gasteiger partial charge < -0.3 is 34.9 Å². The van der Waals surface area contributed by atoms with Crippen molar-refractivity contribution < 1.29 is 32.0 Å². The van der Waals surface area contributed by atoms with Gasteiger partial charge >= 0.3 is 0 Å². The Morgan fingerprint density at radius 3 is 2.20 bits per heavy atom. The highest BCUT2D eigenvalue weighted by Gasteiger charge is 2.32. The molecule has 4 N–H and O–H groups in total. The minimum atomic E-state index is -3.36. The maximum absolute atomic E-state index is 14.6. The summed E-state index contributed by atoms with van der Waals surface area (Å²) in [6.45, 7) is 7.77. The molecule has 0 bridgehead atoms. The van der Waals surface area contributed by atoms with Crippen LogP contribution in [0.25, 0.3) is 27.6 Å².